The van der Waals surface area contributed by atoms with Gasteiger partial charge in [0.1, 0.15) is 0 Å². The van der Waals surface area contributed by atoms with Gasteiger partial charge in [-0.3, -0.25) is 0 Å². The second kappa shape index (κ2) is 8.11. The number of benzene rings is 1. The third-order valence-corrected chi connectivity index (χ3v) is 4.12. The molecule has 0 aliphatic rings. The second-order valence-electron chi connectivity index (χ2n) is 5.96. The van der Waals surface area contributed by atoms with Gasteiger partial charge in [-0.1, -0.05) is 11.6 Å². The summed E-state index contributed by atoms with van der Waals surface area (Å²) in [4.78, 5) is 16.8. The highest BCUT2D eigenvalue weighted by molar-refractivity contribution is 6.32. The van der Waals surface area contributed by atoms with Crippen molar-refractivity contribution in [2.75, 3.05) is 6.61 Å². The van der Waals surface area contributed by atoms with Crippen molar-refractivity contribution in [1.29, 1.82) is 5.26 Å². The van der Waals surface area contributed by atoms with Crippen molar-refractivity contribution >= 4 is 17.6 Å². The van der Waals surface area contributed by atoms with E-state index in [1.54, 1.807) is 23.7 Å². The van der Waals surface area contributed by atoms with Crippen LogP contribution in [0.3, 0.4) is 0 Å². The summed E-state index contributed by atoms with van der Waals surface area (Å²) in [7, 11) is 0. The summed E-state index contributed by atoms with van der Waals surface area (Å²) in [5, 5.41) is 13.5. The van der Waals surface area contributed by atoms with Crippen LogP contribution in [0.4, 0.5) is 0 Å². The van der Waals surface area contributed by atoms with Crippen LogP contribution < -0.4 is 9.47 Å². The van der Waals surface area contributed by atoms with Crippen molar-refractivity contribution in [3.63, 3.8) is 0 Å². The average molecular weight is 397 g/mol. The molecule has 0 N–H and O–H groups in total. The lowest BCUT2D eigenvalue weighted by Crippen LogP contribution is -2.11. The summed E-state index contributed by atoms with van der Waals surface area (Å²) in [5.41, 5.74) is 2.37. The van der Waals surface area contributed by atoms with E-state index in [-0.39, 0.29) is 22.1 Å². The third kappa shape index (κ3) is 3.97. The number of nitrogens with zero attached hydrogens (tertiary/aromatic N) is 4. The molecule has 0 bridgehead atoms. The second-order valence-corrected chi connectivity index (χ2v) is 6.37. The normalized spacial score (nSPS) is 10.4. The van der Waals surface area contributed by atoms with Crippen LogP contribution in [0, 0.1) is 25.2 Å². The van der Waals surface area contributed by atoms with Crippen molar-refractivity contribution in [2.45, 2.75) is 20.8 Å². The fourth-order valence-electron chi connectivity index (χ4n) is 2.64. The summed E-state index contributed by atoms with van der Waals surface area (Å²) in [6.45, 7) is 5.92. The Kier molecular flexibility index (Phi) is 5.62. The number of rotatable bonds is 5. The van der Waals surface area contributed by atoms with Crippen LogP contribution in [-0.2, 0) is 0 Å². The molecule has 0 atom stereocenters. The highest BCUT2D eigenvalue weighted by Crippen LogP contribution is 2.37. The van der Waals surface area contributed by atoms with Crippen LogP contribution in [0.15, 0.2) is 36.5 Å². The Hall–Kier alpha value is -3.37. The maximum absolute atomic E-state index is 12.5. The Morgan fingerprint density at radius 2 is 2.07 bits per heavy atom. The Morgan fingerprint density at radius 3 is 2.64 bits per heavy atom. The number of ether oxygens (including phenoxy) is 2. The van der Waals surface area contributed by atoms with Crippen LogP contribution >= 0.6 is 11.6 Å². The van der Waals surface area contributed by atoms with Crippen molar-refractivity contribution in [3.8, 4) is 23.4 Å². The molecule has 0 aliphatic heterocycles. The molecule has 0 spiro atoms. The van der Waals surface area contributed by atoms with Gasteiger partial charge in [0.15, 0.2) is 17.3 Å². The van der Waals surface area contributed by atoms with Gasteiger partial charge >= 0.3 is 5.97 Å². The molecule has 142 valence electrons. The van der Waals surface area contributed by atoms with Crippen LogP contribution in [0.1, 0.15) is 34.2 Å². The summed E-state index contributed by atoms with van der Waals surface area (Å²) in [6.07, 6.45) is 1.41. The lowest BCUT2D eigenvalue weighted by atomic mass is 10.2. The molecule has 0 unspecified atom stereocenters. The van der Waals surface area contributed by atoms with Crippen molar-refractivity contribution in [3.05, 3.63) is 64.1 Å². The molecule has 1 aromatic carbocycles. The third-order valence-electron chi connectivity index (χ3n) is 3.84. The number of carbonyl (C=O) groups excluding carboxylic acids is 1. The highest BCUT2D eigenvalue weighted by atomic mass is 35.5. The van der Waals surface area contributed by atoms with Gasteiger partial charge in [0.25, 0.3) is 0 Å². The molecule has 2 heterocycles. The molecule has 0 saturated heterocycles. The molecule has 28 heavy (non-hydrogen) atoms. The van der Waals surface area contributed by atoms with Crippen molar-refractivity contribution in [1.82, 2.24) is 14.8 Å². The van der Waals surface area contributed by atoms with E-state index < -0.39 is 5.97 Å². The van der Waals surface area contributed by atoms with E-state index >= 15 is 0 Å². The largest absolute Gasteiger partial charge is 0.490 e. The number of hydrogen-bond donors (Lipinski definition) is 0. The van der Waals surface area contributed by atoms with Gasteiger partial charge < -0.3 is 9.47 Å². The van der Waals surface area contributed by atoms with Gasteiger partial charge in [-0.05, 0) is 45.0 Å². The molecule has 0 radical (unpaired) electrons. The van der Waals surface area contributed by atoms with E-state index in [0.29, 0.717) is 18.0 Å². The average Bonchev–Trinajstić information content (AvgIpc) is 3.02. The quantitative estimate of drug-likeness (QED) is 0.477. The zero-order valence-corrected chi connectivity index (χ0v) is 16.3. The molecular formula is C20H17ClN4O3. The zero-order chi connectivity index (χ0) is 20.3. The van der Waals surface area contributed by atoms with E-state index in [0.717, 1.165) is 11.4 Å². The first-order valence-electron chi connectivity index (χ1n) is 8.51. The standard InChI is InChI=1S/C20H17ClN4O3/c1-4-27-17-9-14(10-22)8-16(21)19(17)28-20(26)15-5-6-18(23-11-15)25-13(3)7-12(2)24-25/h5-9,11H,4H2,1-3H3. The molecule has 7 nitrogen and oxygen atoms in total. The summed E-state index contributed by atoms with van der Waals surface area (Å²) in [5.74, 6) is 0.246. The van der Waals surface area contributed by atoms with Crippen LogP contribution in [0.2, 0.25) is 5.02 Å². The molecular weight excluding hydrogens is 380 g/mol. The number of carbonyl (C=O) groups is 1. The maximum atomic E-state index is 12.5. The molecule has 0 aliphatic carbocycles. The first-order chi connectivity index (χ1) is 13.4. The van der Waals surface area contributed by atoms with Gasteiger partial charge in [-0.25, -0.2) is 14.5 Å². The number of hydrogen-bond acceptors (Lipinski definition) is 6. The number of nitriles is 1. The van der Waals surface area contributed by atoms with Gasteiger partial charge in [0.2, 0.25) is 0 Å². The number of aromatic nitrogens is 3. The van der Waals surface area contributed by atoms with E-state index in [4.69, 9.17) is 26.3 Å². The van der Waals surface area contributed by atoms with Gasteiger partial charge in [0.05, 0.1) is 34.5 Å². The van der Waals surface area contributed by atoms with Gasteiger partial charge in [-0.15, -0.1) is 0 Å². The highest BCUT2D eigenvalue weighted by Gasteiger charge is 2.18. The van der Waals surface area contributed by atoms with Gasteiger partial charge in [0, 0.05) is 18.0 Å². The minimum atomic E-state index is -0.639. The first-order valence-corrected chi connectivity index (χ1v) is 8.89. The summed E-state index contributed by atoms with van der Waals surface area (Å²) >= 11 is 6.17. The molecule has 3 aromatic rings. The molecule has 3 rings (SSSR count). The molecule has 0 fully saturated rings. The minimum absolute atomic E-state index is 0.0649. The molecule has 2 aromatic heterocycles. The maximum Gasteiger partial charge on any atom is 0.345 e. The van der Waals surface area contributed by atoms with Crippen LogP contribution in [0.25, 0.3) is 5.82 Å². The molecule has 0 amide bonds. The molecule has 0 saturated carbocycles. The van der Waals surface area contributed by atoms with Crippen molar-refractivity contribution in [2.24, 2.45) is 0 Å². The van der Waals surface area contributed by atoms with E-state index in [1.165, 1.54) is 18.3 Å². The van der Waals surface area contributed by atoms with E-state index in [1.807, 2.05) is 26.0 Å². The Bertz CT molecular complexity index is 1070. The fraction of sp³-hybridized carbons (Fsp3) is 0.200. The fourth-order valence-corrected chi connectivity index (χ4v) is 2.89. The predicted octanol–water partition coefficient (Wildman–Crippen LogP) is 4.03. The first kappa shape index (κ1) is 19.4. The minimum Gasteiger partial charge on any atom is -0.490 e. The predicted molar refractivity (Wildman–Crippen MR) is 103 cm³/mol. The number of pyridine rings is 1. The Morgan fingerprint density at radius 1 is 1.29 bits per heavy atom. The number of halogens is 1. The van der Waals surface area contributed by atoms with E-state index in [2.05, 4.69) is 10.1 Å². The summed E-state index contributed by atoms with van der Waals surface area (Å²) < 4.78 is 12.6. The van der Waals surface area contributed by atoms with Crippen LogP contribution in [0.5, 0.6) is 11.5 Å². The van der Waals surface area contributed by atoms with Gasteiger partial charge in [-0.2, -0.15) is 10.4 Å². The zero-order valence-electron chi connectivity index (χ0n) is 15.6. The topological polar surface area (TPSA) is 90.0 Å². The molecule has 8 heteroatoms. The number of esters is 1. The summed E-state index contributed by atoms with van der Waals surface area (Å²) in [6, 6.07) is 10.1. The Labute approximate surface area is 167 Å². The van der Waals surface area contributed by atoms with E-state index in [9.17, 15) is 4.79 Å². The SMILES string of the molecule is CCOc1cc(C#N)cc(Cl)c1OC(=O)c1ccc(-n2nc(C)cc2C)nc1. The Balaban J connectivity index is 1.86. The van der Waals surface area contributed by atoms with Crippen molar-refractivity contribution < 1.29 is 14.3 Å². The smallest absolute Gasteiger partial charge is 0.345 e. The monoisotopic (exact) mass is 396 g/mol. The lowest BCUT2D eigenvalue weighted by Gasteiger charge is -2.12. The lowest BCUT2D eigenvalue weighted by molar-refractivity contribution is 0.0728. The van der Waals surface area contributed by atoms with Crippen LogP contribution in [-0.4, -0.2) is 27.3 Å². The number of aryl methyl sites for hydroxylation is 2.